The molecule has 0 amide bonds. The van der Waals surface area contributed by atoms with Crippen LogP contribution >= 0.6 is 0 Å². The van der Waals surface area contributed by atoms with Crippen LogP contribution in [0.15, 0.2) is 65.5 Å². The Morgan fingerprint density at radius 1 is 1.03 bits per heavy atom. The highest BCUT2D eigenvalue weighted by molar-refractivity contribution is 5.78. The molecular weight excluding hydrogens is 364 g/mol. The maximum atomic E-state index is 12.3. The first-order valence-electron chi connectivity index (χ1n) is 10.3. The summed E-state index contributed by atoms with van der Waals surface area (Å²) in [6, 6.07) is 19.2. The number of nitrogens with one attached hydrogen (secondary N) is 1. The Morgan fingerprint density at radius 3 is 2.52 bits per heavy atom. The topological polar surface area (TPSA) is 65.6 Å². The van der Waals surface area contributed by atoms with Crippen molar-refractivity contribution in [1.82, 2.24) is 9.88 Å². The number of nitrogens with zero attached hydrogens (tertiary/aromatic N) is 1. The number of pyridine rings is 1. The first kappa shape index (κ1) is 19.7. The molecule has 4 rings (SSSR count). The molecule has 0 spiro atoms. The van der Waals surface area contributed by atoms with Crippen LogP contribution in [0.25, 0.3) is 10.9 Å². The summed E-state index contributed by atoms with van der Waals surface area (Å²) in [7, 11) is 0. The van der Waals surface area contributed by atoms with E-state index in [-0.39, 0.29) is 17.5 Å². The Morgan fingerprint density at radius 2 is 1.76 bits per heavy atom. The number of rotatable bonds is 7. The highest BCUT2D eigenvalue weighted by Crippen LogP contribution is 2.35. The van der Waals surface area contributed by atoms with Crippen LogP contribution in [0.5, 0.6) is 5.75 Å². The van der Waals surface area contributed by atoms with E-state index in [1.807, 2.05) is 54.6 Å². The summed E-state index contributed by atoms with van der Waals surface area (Å²) in [5.41, 5.74) is 1.81. The van der Waals surface area contributed by atoms with Gasteiger partial charge in [-0.3, -0.25) is 9.69 Å². The van der Waals surface area contributed by atoms with E-state index in [4.69, 9.17) is 4.74 Å². The van der Waals surface area contributed by atoms with E-state index < -0.39 is 0 Å². The number of benzene rings is 2. The Hall–Kier alpha value is -2.63. The van der Waals surface area contributed by atoms with Crippen molar-refractivity contribution in [3.63, 3.8) is 0 Å². The van der Waals surface area contributed by atoms with Crippen molar-refractivity contribution >= 4 is 10.9 Å². The molecule has 29 heavy (non-hydrogen) atoms. The number of aromatic nitrogens is 1. The van der Waals surface area contributed by atoms with Crippen molar-refractivity contribution in [1.29, 1.82) is 0 Å². The zero-order valence-corrected chi connectivity index (χ0v) is 16.6. The number of fused-ring (bicyclic) bond motifs is 1. The third kappa shape index (κ3) is 4.69. The number of aliphatic hydroxyl groups excluding tert-OH is 1. The van der Waals surface area contributed by atoms with Crippen LogP contribution in [0, 0.1) is 5.41 Å². The molecule has 1 aromatic heterocycles. The van der Waals surface area contributed by atoms with Crippen LogP contribution in [0.1, 0.15) is 25.0 Å². The molecule has 2 N–H and O–H groups in total. The van der Waals surface area contributed by atoms with Gasteiger partial charge in [-0.25, -0.2) is 0 Å². The van der Waals surface area contributed by atoms with Gasteiger partial charge in [0.25, 0.3) is 0 Å². The van der Waals surface area contributed by atoms with Crippen molar-refractivity contribution < 1.29 is 9.84 Å². The molecule has 0 aliphatic carbocycles. The minimum Gasteiger partial charge on any atom is -0.494 e. The minimum absolute atomic E-state index is 0.0640. The Kier molecular flexibility index (Phi) is 5.97. The first-order chi connectivity index (χ1) is 14.2. The van der Waals surface area contributed by atoms with Crippen LogP contribution in [-0.4, -0.2) is 41.3 Å². The summed E-state index contributed by atoms with van der Waals surface area (Å²) >= 11 is 0. The highest BCUT2D eigenvalue weighted by Gasteiger charge is 2.34. The van der Waals surface area contributed by atoms with E-state index in [0.717, 1.165) is 61.2 Å². The van der Waals surface area contributed by atoms with Gasteiger partial charge < -0.3 is 14.8 Å². The average molecular weight is 392 g/mol. The number of ether oxygens (including phenoxy) is 1. The van der Waals surface area contributed by atoms with Gasteiger partial charge in [0.15, 0.2) is 5.43 Å². The molecule has 2 aromatic carbocycles. The molecule has 3 aromatic rings. The number of aliphatic hydroxyl groups is 1. The Labute approximate surface area is 170 Å². The normalized spacial score (nSPS) is 16.7. The molecule has 0 saturated carbocycles. The van der Waals surface area contributed by atoms with Gasteiger partial charge in [0.2, 0.25) is 0 Å². The van der Waals surface area contributed by atoms with Gasteiger partial charge in [0.1, 0.15) is 5.75 Å². The summed E-state index contributed by atoms with van der Waals surface area (Å²) < 4.78 is 5.85. The zero-order chi connectivity index (χ0) is 20.1. The standard InChI is InChI=1S/C24H28N2O3/c27-18-24(12-15-29-20-6-2-1-3-7-20)10-13-26(14-11-24)17-19-16-23(28)21-8-4-5-9-22(21)25-19/h1-9,16,27H,10-15,17-18H2,(H,25,28). The monoisotopic (exact) mass is 392 g/mol. The van der Waals surface area contributed by atoms with E-state index in [1.54, 1.807) is 6.07 Å². The van der Waals surface area contributed by atoms with E-state index in [0.29, 0.717) is 6.61 Å². The number of H-pyrrole nitrogens is 1. The third-order valence-electron chi connectivity index (χ3n) is 6.08. The van der Waals surface area contributed by atoms with E-state index in [2.05, 4.69) is 9.88 Å². The summed E-state index contributed by atoms with van der Waals surface area (Å²) in [5, 5.41) is 10.8. The van der Waals surface area contributed by atoms with E-state index in [9.17, 15) is 9.90 Å². The lowest BCUT2D eigenvalue weighted by Crippen LogP contribution is -2.42. The Bertz CT molecular complexity index is 992. The van der Waals surface area contributed by atoms with Gasteiger partial charge >= 0.3 is 0 Å². The lowest BCUT2D eigenvalue weighted by atomic mass is 9.76. The van der Waals surface area contributed by atoms with Gasteiger partial charge in [0, 0.05) is 35.8 Å². The molecule has 5 heteroatoms. The maximum Gasteiger partial charge on any atom is 0.189 e. The average Bonchev–Trinajstić information content (AvgIpc) is 2.76. The molecule has 1 fully saturated rings. The number of para-hydroxylation sites is 2. The minimum atomic E-state index is -0.0813. The second kappa shape index (κ2) is 8.80. The second-order valence-electron chi connectivity index (χ2n) is 8.05. The quantitative estimate of drug-likeness (QED) is 0.645. The summed E-state index contributed by atoms with van der Waals surface area (Å²) in [5.74, 6) is 0.873. The third-order valence-corrected chi connectivity index (χ3v) is 6.08. The van der Waals surface area contributed by atoms with Crippen molar-refractivity contribution in [2.45, 2.75) is 25.8 Å². The SMILES string of the molecule is O=c1cc(CN2CCC(CO)(CCOc3ccccc3)CC2)[nH]c2ccccc12. The van der Waals surface area contributed by atoms with Gasteiger partial charge in [-0.1, -0.05) is 30.3 Å². The van der Waals surface area contributed by atoms with Gasteiger partial charge in [-0.2, -0.15) is 0 Å². The molecule has 1 aliphatic rings. The predicted octanol–water partition coefficient (Wildman–Crippen LogP) is 3.57. The smallest absolute Gasteiger partial charge is 0.189 e. The highest BCUT2D eigenvalue weighted by atomic mass is 16.5. The lowest BCUT2D eigenvalue weighted by Gasteiger charge is -2.40. The molecule has 0 bridgehead atoms. The molecule has 0 unspecified atom stereocenters. The molecule has 2 heterocycles. The largest absolute Gasteiger partial charge is 0.494 e. The van der Waals surface area contributed by atoms with Crippen LogP contribution in [0.3, 0.4) is 0 Å². The van der Waals surface area contributed by atoms with Crippen molar-refractivity contribution in [3.05, 3.63) is 76.6 Å². The van der Waals surface area contributed by atoms with Crippen molar-refractivity contribution in [3.8, 4) is 5.75 Å². The molecule has 1 aliphatic heterocycles. The van der Waals surface area contributed by atoms with Gasteiger partial charge in [0.05, 0.1) is 6.61 Å². The number of piperidine rings is 1. The predicted molar refractivity (Wildman–Crippen MR) is 115 cm³/mol. The van der Waals surface area contributed by atoms with Crippen LogP contribution in [0.2, 0.25) is 0 Å². The van der Waals surface area contributed by atoms with Crippen LogP contribution < -0.4 is 10.2 Å². The van der Waals surface area contributed by atoms with E-state index >= 15 is 0 Å². The molecule has 1 saturated heterocycles. The molecule has 0 radical (unpaired) electrons. The van der Waals surface area contributed by atoms with Crippen molar-refractivity contribution in [2.24, 2.45) is 5.41 Å². The fourth-order valence-electron chi connectivity index (χ4n) is 4.15. The Balaban J connectivity index is 1.33. The lowest BCUT2D eigenvalue weighted by molar-refractivity contribution is 0.0240. The number of aromatic amines is 1. The molecular formula is C24H28N2O3. The van der Waals surface area contributed by atoms with Crippen molar-refractivity contribution in [2.75, 3.05) is 26.3 Å². The van der Waals surface area contributed by atoms with Crippen LogP contribution in [-0.2, 0) is 6.54 Å². The number of hydrogen-bond acceptors (Lipinski definition) is 4. The summed E-state index contributed by atoms with van der Waals surface area (Å²) in [6.45, 7) is 3.33. The summed E-state index contributed by atoms with van der Waals surface area (Å²) in [4.78, 5) is 18.1. The molecule has 5 nitrogen and oxygen atoms in total. The van der Waals surface area contributed by atoms with Crippen LogP contribution in [0.4, 0.5) is 0 Å². The number of likely N-dealkylation sites (tertiary alicyclic amines) is 1. The molecule has 0 atom stereocenters. The molecule has 152 valence electrons. The zero-order valence-electron chi connectivity index (χ0n) is 16.6. The first-order valence-corrected chi connectivity index (χ1v) is 10.3. The summed E-state index contributed by atoms with van der Waals surface area (Å²) in [6.07, 6.45) is 2.71. The maximum absolute atomic E-state index is 12.3. The van der Waals surface area contributed by atoms with E-state index in [1.165, 1.54) is 0 Å². The van der Waals surface area contributed by atoms with Gasteiger partial charge in [-0.15, -0.1) is 0 Å². The number of hydrogen-bond donors (Lipinski definition) is 2. The van der Waals surface area contributed by atoms with Gasteiger partial charge in [-0.05, 0) is 62.0 Å². The fraction of sp³-hybridized carbons (Fsp3) is 0.375. The second-order valence-corrected chi connectivity index (χ2v) is 8.05. The fourth-order valence-corrected chi connectivity index (χ4v) is 4.15.